The van der Waals surface area contributed by atoms with Crippen LogP contribution in [0.5, 0.6) is 0 Å². The standard InChI is InChI=1S/C10H18N2O2/c1-5-9(13)11-6-7-12(4)10(14)8(2)3/h2,5-7H2,1,3-4H3,(H,11,13). The van der Waals surface area contributed by atoms with Crippen molar-refractivity contribution in [3.8, 4) is 0 Å². The van der Waals surface area contributed by atoms with E-state index in [2.05, 4.69) is 11.9 Å². The van der Waals surface area contributed by atoms with Gasteiger partial charge in [0.2, 0.25) is 11.8 Å². The summed E-state index contributed by atoms with van der Waals surface area (Å²) in [5, 5.41) is 2.69. The smallest absolute Gasteiger partial charge is 0.248 e. The minimum absolute atomic E-state index is 0.00109. The first-order valence-corrected chi connectivity index (χ1v) is 4.66. The van der Waals surface area contributed by atoms with Gasteiger partial charge in [-0.3, -0.25) is 9.59 Å². The lowest BCUT2D eigenvalue weighted by molar-refractivity contribution is -0.126. The highest BCUT2D eigenvalue weighted by atomic mass is 16.2. The number of carbonyl (C=O) groups excluding carboxylic acids is 2. The molecule has 14 heavy (non-hydrogen) atoms. The summed E-state index contributed by atoms with van der Waals surface area (Å²) >= 11 is 0. The van der Waals surface area contributed by atoms with E-state index in [0.717, 1.165) is 0 Å². The zero-order valence-electron chi connectivity index (χ0n) is 9.09. The Balaban J connectivity index is 3.74. The number of hydrogen-bond donors (Lipinski definition) is 1. The maximum atomic E-state index is 11.3. The topological polar surface area (TPSA) is 49.4 Å². The molecule has 0 aliphatic carbocycles. The number of nitrogens with one attached hydrogen (secondary N) is 1. The fourth-order valence-electron chi connectivity index (χ4n) is 0.915. The maximum absolute atomic E-state index is 11.3. The van der Waals surface area contributed by atoms with Gasteiger partial charge in [0.1, 0.15) is 0 Å². The fraction of sp³-hybridized carbons (Fsp3) is 0.600. The zero-order chi connectivity index (χ0) is 11.1. The van der Waals surface area contributed by atoms with Gasteiger partial charge in [0.05, 0.1) is 0 Å². The molecule has 0 aromatic rings. The molecule has 0 aliphatic rings. The molecule has 0 fully saturated rings. The van der Waals surface area contributed by atoms with Crippen LogP contribution in [0.15, 0.2) is 12.2 Å². The average Bonchev–Trinajstić information content (AvgIpc) is 2.15. The van der Waals surface area contributed by atoms with Crippen molar-refractivity contribution in [3.05, 3.63) is 12.2 Å². The van der Waals surface area contributed by atoms with Gasteiger partial charge >= 0.3 is 0 Å². The molecule has 0 aromatic carbocycles. The molecule has 0 unspecified atom stereocenters. The molecule has 0 spiro atoms. The Morgan fingerprint density at radius 2 is 2.00 bits per heavy atom. The predicted octanol–water partition coefficient (Wildman–Crippen LogP) is 0.547. The molecule has 4 nitrogen and oxygen atoms in total. The molecule has 0 bridgehead atoms. The summed E-state index contributed by atoms with van der Waals surface area (Å²) in [7, 11) is 1.69. The third kappa shape index (κ3) is 4.64. The van der Waals surface area contributed by atoms with E-state index in [1.54, 1.807) is 20.9 Å². The van der Waals surface area contributed by atoms with Crippen LogP contribution in [-0.4, -0.2) is 36.9 Å². The van der Waals surface area contributed by atoms with Crippen LogP contribution in [-0.2, 0) is 9.59 Å². The minimum Gasteiger partial charge on any atom is -0.354 e. The van der Waals surface area contributed by atoms with E-state index < -0.39 is 0 Å². The van der Waals surface area contributed by atoms with Crippen molar-refractivity contribution in [1.82, 2.24) is 10.2 Å². The lowest BCUT2D eigenvalue weighted by Crippen LogP contribution is -2.36. The molecular formula is C10H18N2O2. The van der Waals surface area contributed by atoms with Crippen LogP contribution >= 0.6 is 0 Å². The van der Waals surface area contributed by atoms with Crippen LogP contribution in [0, 0.1) is 0 Å². The Morgan fingerprint density at radius 3 is 2.43 bits per heavy atom. The Hall–Kier alpha value is -1.32. The van der Waals surface area contributed by atoms with E-state index in [0.29, 0.717) is 25.1 Å². The van der Waals surface area contributed by atoms with Crippen LogP contribution < -0.4 is 5.32 Å². The fourth-order valence-corrected chi connectivity index (χ4v) is 0.915. The van der Waals surface area contributed by atoms with Gasteiger partial charge in [0, 0.05) is 32.1 Å². The van der Waals surface area contributed by atoms with Gasteiger partial charge < -0.3 is 10.2 Å². The first-order chi connectivity index (χ1) is 6.49. The molecule has 0 rings (SSSR count). The second-order valence-corrected chi connectivity index (χ2v) is 3.21. The summed E-state index contributed by atoms with van der Waals surface area (Å²) in [5.74, 6) is -0.0862. The third-order valence-corrected chi connectivity index (χ3v) is 1.80. The van der Waals surface area contributed by atoms with Gasteiger partial charge in [-0.25, -0.2) is 0 Å². The zero-order valence-corrected chi connectivity index (χ0v) is 9.09. The van der Waals surface area contributed by atoms with Gasteiger partial charge in [-0.05, 0) is 6.92 Å². The van der Waals surface area contributed by atoms with Gasteiger partial charge in [-0.15, -0.1) is 0 Å². The molecule has 80 valence electrons. The third-order valence-electron chi connectivity index (χ3n) is 1.80. The van der Waals surface area contributed by atoms with Crippen LogP contribution in [0.4, 0.5) is 0 Å². The first kappa shape index (κ1) is 12.7. The molecule has 0 aliphatic heterocycles. The summed E-state index contributed by atoms with van der Waals surface area (Å²) < 4.78 is 0. The van der Waals surface area contributed by atoms with Crippen molar-refractivity contribution < 1.29 is 9.59 Å². The number of rotatable bonds is 5. The van der Waals surface area contributed by atoms with Crippen LogP contribution in [0.1, 0.15) is 20.3 Å². The number of hydrogen-bond acceptors (Lipinski definition) is 2. The molecule has 1 N–H and O–H groups in total. The molecule has 0 saturated heterocycles. The van der Waals surface area contributed by atoms with Gasteiger partial charge in [-0.2, -0.15) is 0 Å². The summed E-state index contributed by atoms with van der Waals surface area (Å²) in [6, 6.07) is 0. The summed E-state index contributed by atoms with van der Waals surface area (Å²) in [5.41, 5.74) is 0.509. The van der Waals surface area contributed by atoms with Crippen molar-refractivity contribution in [1.29, 1.82) is 0 Å². The van der Waals surface area contributed by atoms with Crippen LogP contribution in [0.25, 0.3) is 0 Å². The van der Waals surface area contributed by atoms with Crippen molar-refractivity contribution >= 4 is 11.8 Å². The number of carbonyl (C=O) groups is 2. The second kappa shape index (κ2) is 6.18. The summed E-state index contributed by atoms with van der Waals surface area (Å²) in [4.78, 5) is 23.7. The summed E-state index contributed by atoms with van der Waals surface area (Å²) in [6.45, 7) is 8.02. The predicted molar refractivity (Wildman–Crippen MR) is 55.8 cm³/mol. The lowest BCUT2D eigenvalue weighted by Gasteiger charge is -2.17. The van der Waals surface area contributed by atoms with Crippen LogP contribution in [0.3, 0.4) is 0 Å². The Labute approximate surface area is 85.0 Å². The van der Waals surface area contributed by atoms with Gasteiger partial charge in [0.25, 0.3) is 0 Å². The number of amides is 2. The van der Waals surface area contributed by atoms with Crippen molar-refractivity contribution in [2.75, 3.05) is 20.1 Å². The molecule has 0 saturated carbocycles. The summed E-state index contributed by atoms with van der Waals surface area (Å²) in [6.07, 6.45) is 0.470. The van der Waals surface area contributed by atoms with Gasteiger partial charge in [-0.1, -0.05) is 13.5 Å². The van der Waals surface area contributed by atoms with E-state index in [1.807, 2.05) is 0 Å². The van der Waals surface area contributed by atoms with E-state index in [4.69, 9.17) is 0 Å². The number of likely N-dealkylation sites (N-methyl/N-ethyl adjacent to an activating group) is 1. The Morgan fingerprint density at radius 1 is 1.43 bits per heavy atom. The molecule has 0 heterocycles. The highest BCUT2D eigenvalue weighted by molar-refractivity contribution is 5.91. The van der Waals surface area contributed by atoms with Crippen molar-refractivity contribution in [3.63, 3.8) is 0 Å². The molecular weight excluding hydrogens is 180 g/mol. The van der Waals surface area contributed by atoms with Gasteiger partial charge in [0.15, 0.2) is 0 Å². The van der Waals surface area contributed by atoms with E-state index in [-0.39, 0.29) is 11.8 Å². The average molecular weight is 198 g/mol. The highest BCUT2D eigenvalue weighted by Crippen LogP contribution is 1.94. The monoisotopic (exact) mass is 198 g/mol. The quantitative estimate of drug-likeness (QED) is 0.656. The second-order valence-electron chi connectivity index (χ2n) is 3.21. The molecule has 0 radical (unpaired) electrons. The van der Waals surface area contributed by atoms with E-state index in [9.17, 15) is 9.59 Å². The first-order valence-electron chi connectivity index (χ1n) is 4.66. The van der Waals surface area contributed by atoms with Crippen LogP contribution in [0.2, 0.25) is 0 Å². The molecule has 4 heteroatoms. The largest absolute Gasteiger partial charge is 0.354 e. The van der Waals surface area contributed by atoms with Crippen molar-refractivity contribution in [2.45, 2.75) is 20.3 Å². The highest BCUT2D eigenvalue weighted by Gasteiger charge is 2.08. The SMILES string of the molecule is C=C(C)C(=O)N(C)CCNC(=O)CC. The maximum Gasteiger partial charge on any atom is 0.248 e. The molecule has 2 amide bonds. The normalized spacial score (nSPS) is 9.36. The Kier molecular flexibility index (Phi) is 5.60. The number of nitrogens with zero attached hydrogens (tertiary/aromatic N) is 1. The van der Waals surface area contributed by atoms with E-state index in [1.165, 1.54) is 4.90 Å². The molecule has 0 aromatic heterocycles. The van der Waals surface area contributed by atoms with E-state index >= 15 is 0 Å². The Bertz CT molecular complexity index is 236. The minimum atomic E-state index is -0.0873. The lowest BCUT2D eigenvalue weighted by atomic mass is 10.3. The molecule has 0 atom stereocenters. The van der Waals surface area contributed by atoms with Crippen molar-refractivity contribution in [2.24, 2.45) is 0 Å².